The van der Waals surface area contributed by atoms with E-state index in [1.807, 2.05) is 30.3 Å². The van der Waals surface area contributed by atoms with E-state index in [1.54, 1.807) is 24.3 Å². The number of alkyl carbamates (subject to hydrolysis) is 1. The number of aromatic hydroxyl groups is 1. The molecule has 7 heteroatoms. The van der Waals surface area contributed by atoms with E-state index in [-0.39, 0.29) is 41.2 Å². The molecule has 0 saturated heterocycles. The zero-order chi connectivity index (χ0) is 30.2. The van der Waals surface area contributed by atoms with Crippen LogP contribution >= 0.6 is 0 Å². The number of phenols is 1. The highest BCUT2D eigenvalue weighted by Crippen LogP contribution is 2.64. The summed E-state index contributed by atoms with van der Waals surface area (Å²) >= 11 is 0. The van der Waals surface area contributed by atoms with Crippen LogP contribution in [0.1, 0.15) is 76.3 Å². The molecule has 3 fully saturated rings. The van der Waals surface area contributed by atoms with Crippen LogP contribution in [0.15, 0.2) is 66.2 Å². The Labute approximate surface area is 255 Å². The van der Waals surface area contributed by atoms with Crippen molar-refractivity contribution in [3.05, 3.63) is 77.4 Å². The fourth-order valence-electron chi connectivity index (χ4n) is 9.14. The SMILES string of the molecule is CC12CCC(O)CC1=CCC1C2CCC2(C)C(NC(=O)C(Cc3ccc(O)cc3)NC(=O)OCc3ccccc3)CCC12. The van der Waals surface area contributed by atoms with Crippen LogP contribution in [0.5, 0.6) is 5.75 Å². The maximum absolute atomic E-state index is 13.9. The summed E-state index contributed by atoms with van der Waals surface area (Å²) in [6, 6.07) is 15.4. The number of amides is 2. The average molecular weight is 587 g/mol. The smallest absolute Gasteiger partial charge is 0.408 e. The lowest BCUT2D eigenvalue weighted by atomic mass is 9.48. The fraction of sp³-hybridized carbons (Fsp3) is 0.556. The lowest BCUT2D eigenvalue weighted by Crippen LogP contribution is -2.56. The molecular formula is C36H46N2O5. The van der Waals surface area contributed by atoms with E-state index in [0.29, 0.717) is 24.2 Å². The Kier molecular flexibility index (Phi) is 8.29. The highest BCUT2D eigenvalue weighted by molar-refractivity contribution is 5.86. The van der Waals surface area contributed by atoms with E-state index < -0.39 is 12.1 Å². The van der Waals surface area contributed by atoms with E-state index in [9.17, 15) is 19.8 Å². The second-order valence-electron chi connectivity index (χ2n) is 14.0. The third kappa shape index (κ3) is 5.93. The molecule has 4 aliphatic carbocycles. The second kappa shape index (κ2) is 12.0. The molecule has 7 nitrogen and oxygen atoms in total. The second-order valence-corrected chi connectivity index (χ2v) is 14.0. The summed E-state index contributed by atoms with van der Waals surface area (Å²) in [6.45, 7) is 4.93. The van der Waals surface area contributed by atoms with Crippen LogP contribution in [0, 0.1) is 28.6 Å². The van der Waals surface area contributed by atoms with Crippen molar-refractivity contribution in [2.75, 3.05) is 0 Å². The summed E-state index contributed by atoms with van der Waals surface area (Å²) in [5.41, 5.74) is 3.38. The molecule has 4 N–H and O–H groups in total. The van der Waals surface area contributed by atoms with Crippen LogP contribution < -0.4 is 10.6 Å². The molecule has 0 heterocycles. The molecular weight excluding hydrogens is 540 g/mol. The Morgan fingerprint density at radius 3 is 2.49 bits per heavy atom. The molecule has 0 aliphatic heterocycles. The first-order chi connectivity index (χ1) is 20.7. The number of aliphatic hydroxyl groups excluding tert-OH is 1. The number of phenolic OH excluding ortho intramolecular Hbond substituents is 1. The maximum atomic E-state index is 13.9. The van der Waals surface area contributed by atoms with Gasteiger partial charge in [0.25, 0.3) is 0 Å². The van der Waals surface area contributed by atoms with E-state index in [2.05, 4.69) is 30.6 Å². The Bertz CT molecular complexity index is 1340. The number of carbonyl (C=O) groups is 2. The summed E-state index contributed by atoms with van der Waals surface area (Å²) < 4.78 is 5.47. The Morgan fingerprint density at radius 2 is 1.72 bits per heavy atom. The van der Waals surface area contributed by atoms with Crippen LogP contribution in [-0.4, -0.2) is 40.4 Å². The van der Waals surface area contributed by atoms with Gasteiger partial charge in [0.15, 0.2) is 0 Å². The van der Waals surface area contributed by atoms with Gasteiger partial charge in [-0.25, -0.2) is 4.79 Å². The Morgan fingerprint density at radius 1 is 0.953 bits per heavy atom. The van der Waals surface area contributed by atoms with Crippen LogP contribution in [-0.2, 0) is 22.6 Å². The van der Waals surface area contributed by atoms with Crippen molar-refractivity contribution in [2.24, 2.45) is 28.6 Å². The highest BCUT2D eigenvalue weighted by Gasteiger charge is 2.59. The van der Waals surface area contributed by atoms with Crippen molar-refractivity contribution in [2.45, 2.75) is 96.4 Å². The first kappa shape index (κ1) is 29.7. The molecule has 0 bridgehead atoms. The summed E-state index contributed by atoms with van der Waals surface area (Å²) in [6.07, 6.45) is 10.0. The topological polar surface area (TPSA) is 108 Å². The molecule has 3 saturated carbocycles. The summed E-state index contributed by atoms with van der Waals surface area (Å²) in [7, 11) is 0. The highest BCUT2D eigenvalue weighted by atomic mass is 16.5. The van der Waals surface area contributed by atoms with E-state index in [0.717, 1.165) is 62.5 Å². The van der Waals surface area contributed by atoms with Gasteiger partial charge in [-0.3, -0.25) is 4.79 Å². The minimum atomic E-state index is -0.806. The molecule has 230 valence electrons. The van der Waals surface area contributed by atoms with Crippen molar-refractivity contribution in [3.63, 3.8) is 0 Å². The molecule has 0 aromatic heterocycles. The molecule has 0 radical (unpaired) electrons. The number of aliphatic hydroxyl groups is 1. The number of nitrogens with one attached hydrogen (secondary N) is 2. The molecule has 6 rings (SSSR count). The van der Waals surface area contributed by atoms with Crippen molar-refractivity contribution in [1.29, 1.82) is 0 Å². The van der Waals surface area contributed by atoms with Gasteiger partial charge < -0.3 is 25.6 Å². The molecule has 0 spiro atoms. The monoisotopic (exact) mass is 586 g/mol. The number of hydrogen-bond donors (Lipinski definition) is 4. The number of allylic oxidation sites excluding steroid dienone is 1. The quantitative estimate of drug-likeness (QED) is 0.296. The number of carbonyl (C=O) groups excluding carboxylic acids is 2. The van der Waals surface area contributed by atoms with Crippen LogP contribution in [0.2, 0.25) is 0 Å². The number of fused-ring (bicyclic) bond motifs is 5. The first-order valence-corrected chi connectivity index (χ1v) is 16.1. The predicted octanol–water partition coefficient (Wildman–Crippen LogP) is 6.04. The normalized spacial score (nSPS) is 33.7. The zero-order valence-electron chi connectivity index (χ0n) is 25.4. The van der Waals surface area contributed by atoms with Crippen LogP contribution in [0.4, 0.5) is 4.79 Å². The van der Waals surface area contributed by atoms with Gasteiger partial charge in [0.1, 0.15) is 18.4 Å². The summed E-state index contributed by atoms with van der Waals surface area (Å²) in [5.74, 6) is 1.73. The predicted molar refractivity (Wildman–Crippen MR) is 165 cm³/mol. The van der Waals surface area contributed by atoms with Gasteiger partial charge in [0, 0.05) is 12.5 Å². The molecule has 2 aromatic rings. The molecule has 8 atom stereocenters. The van der Waals surface area contributed by atoms with E-state index >= 15 is 0 Å². The van der Waals surface area contributed by atoms with E-state index in [1.165, 1.54) is 5.57 Å². The van der Waals surface area contributed by atoms with Gasteiger partial charge in [0.2, 0.25) is 5.91 Å². The third-order valence-electron chi connectivity index (χ3n) is 11.6. The van der Waals surface area contributed by atoms with Crippen molar-refractivity contribution >= 4 is 12.0 Å². The molecule has 43 heavy (non-hydrogen) atoms. The summed E-state index contributed by atoms with van der Waals surface area (Å²) in [5, 5.41) is 26.3. The average Bonchev–Trinajstić information content (AvgIpc) is 3.33. The molecule has 2 aromatic carbocycles. The lowest BCUT2D eigenvalue weighted by Gasteiger charge is -2.58. The van der Waals surface area contributed by atoms with Crippen molar-refractivity contribution < 1.29 is 24.5 Å². The van der Waals surface area contributed by atoms with Gasteiger partial charge in [0.05, 0.1) is 6.10 Å². The Balaban J connectivity index is 1.15. The van der Waals surface area contributed by atoms with Crippen molar-refractivity contribution in [1.82, 2.24) is 10.6 Å². The molecule has 4 aliphatic rings. The number of ether oxygens (including phenoxy) is 1. The standard InChI is InChI=1S/C36H46N2O5/c1-35-18-16-27(40)21-25(35)10-13-28-29-14-15-32(36(29,2)19-17-30(28)35)38-33(41)31(20-23-8-11-26(39)12-9-23)37-34(42)43-22-24-6-4-3-5-7-24/h3-12,27-32,39-40H,13-22H2,1-2H3,(H,37,42)(H,38,41). The Hall–Kier alpha value is -3.32. The fourth-order valence-corrected chi connectivity index (χ4v) is 9.14. The van der Waals surface area contributed by atoms with Gasteiger partial charge in [-0.05, 0) is 103 Å². The van der Waals surface area contributed by atoms with Crippen LogP contribution in [0.25, 0.3) is 0 Å². The third-order valence-corrected chi connectivity index (χ3v) is 11.6. The van der Waals surface area contributed by atoms with Gasteiger partial charge in [-0.15, -0.1) is 0 Å². The van der Waals surface area contributed by atoms with Gasteiger partial charge in [-0.1, -0.05) is 68.0 Å². The van der Waals surface area contributed by atoms with Crippen LogP contribution in [0.3, 0.4) is 0 Å². The zero-order valence-corrected chi connectivity index (χ0v) is 25.4. The molecule has 2 amide bonds. The minimum Gasteiger partial charge on any atom is -0.508 e. The van der Waals surface area contributed by atoms with Gasteiger partial charge in [-0.2, -0.15) is 0 Å². The van der Waals surface area contributed by atoms with E-state index in [4.69, 9.17) is 4.74 Å². The lowest BCUT2D eigenvalue weighted by molar-refractivity contribution is -0.125. The number of benzene rings is 2. The first-order valence-electron chi connectivity index (χ1n) is 16.1. The number of hydrogen-bond acceptors (Lipinski definition) is 5. The molecule has 8 unspecified atom stereocenters. The largest absolute Gasteiger partial charge is 0.508 e. The van der Waals surface area contributed by atoms with Gasteiger partial charge >= 0.3 is 6.09 Å². The van der Waals surface area contributed by atoms with Crippen molar-refractivity contribution in [3.8, 4) is 5.75 Å². The minimum absolute atomic E-state index is 0.00359. The summed E-state index contributed by atoms with van der Waals surface area (Å²) in [4.78, 5) is 26.7. The maximum Gasteiger partial charge on any atom is 0.408 e. The number of rotatable bonds is 7.